The van der Waals surface area contributed by atoms with Gasteiger partial charge in [0.15, 0.2) is 5.96 Å². The lowest BCUT2D eigenvalue weighted by molar-refractivity contribution is 0.487. The normalized spacial score (nSPS) is 25.7. The Kier molecular flexibility index (Phi) is 4.32. The number of benzene rings is 1. The van der Waals surface area contributed by atoms with Crippen LogP contribution in [0.2, 0.25) is 0 Å². The van der Waals surface area contributed by atoms with Gasteiger partial charge in [0.05, 0.1) is 6.04 Å². The van der Waals surface area contributed by atoms with Gasteiger partial charge < -0.3 is 10.6 Å². The lowest BCUT2D eigenvalue weighted by Gasteiger charge is -2.16. The third-order valence-electron chi connectivity index (χ3n) is 3.82. The number of aliphatic imine (C=N–C) groups is 1. The fraction of sp³-hybridized carbons (Fsp3) is 0.500. The number of nitrogens with two attached hydrogens (primary N) is 1. The van der Waals surface area contributed by atoms with Gasteiger partial charge in [-0.2, -0.15) is 0 Å². The molecular formula is C14H19FIN3. The number of rotatable bonds is 3. The van der Waals surface area contributed by atoms with Crippen molar-refractivity contribution in [3.63, 3.8) is 0 Å². The summed E-state index contributed by atoms with van der Waals surface area (Å²) in [6.07, 6.45) is 3.31. The Hall–Kier alpha value is -0.850. The second-order valence-corrected chi connectivity index (χ2v) is 5.26. The number of nitrogens with zero attached hydrogens (tertiary/aromatic N) is 2. The highest BCUT2D eigenvalue weighted by Gasteiger charge is 2.40. The van der Waals surface area contributed by atoms with E-state index in [1.807, 2.05) is 24.1 Å². The number of hydrogen-bond donors (Lipinski definition) is 1. The standard InChI is InChI=1S/C14H18FN3.HI/c1-18(9-6-7-9)14(16)17-13-8-11(13)10-4-2-3-5-12(10)15;/h2-5,9,11,13H,6-8H2,1H3,(H2,16,17);1H. The van der Waals surface area contributed by atoms with E-state index in [0.29, 0.717) is 12.0 Å². The predicted octanol–water partition coefficient (Wildman–Crippen LogP) is 2.71. The molecule has 0 spiro atoms. The number of guanidine groups is 1. The summed E-state index contributed by atoms with van der Waals surface area (Å²) < 4.78 is 13.6. The lowest BCUT2D eigenvalue weighted by Crippen LogP contribution is -2.36. The summed E-state index contributed by atoms with van der Waals surface area (Å²) >= 11 is 0. The van der Waals surface area contributed by atoms with Crippen LogP contribution in [0.15, 0.2) is 29.3 Å². The van der Waals surface area contributed by atoms with Crippen molar-refractivity contribution in [3.05, 3.63) is 35.6 Å². The van der Waals surface area contributed by atoms with Crippen molar-refractivity contribution in [3.8, 4) is 0 Å². The van der Waals surface area contributed by atoms with E-state index in [4.69, 9.17) is 5.73 Å². The topological polar surface area (TPSA) is 41.6 Å². The van der Waals surface area contributed by atoms with Crippen LogP contribution in [0, 0.1) is 5.82 Å². The second kappa shape index (κ2) is 5.64. The minimum atomic E-state index is -0.130. The van der Waals surface area contributed by atoms with Gasteiger partial charge >= 0.3 is 0 Å². The van der Waals surface area contributed by atoms with Crippen LogP contribution in [0.4, 0.5) is 4.39 Å². The van der Waals surface area contributed by atoms with Crippen LogP contribution in [-0.2, 0) is 0 Å². The molecule has 2 saturated carbocycles. The zero-order chi connectivity index (χ0) is 12.7. The summed E-state index contributed by atoms with van der Waals surface area (Å²) in [6.45, 7) is 0. The van der Waals surface area contributed by atoms with Crippen LogP contribution in [0.25, 0.3) is 0 Å². The maximum Gasteiger partial charge on any atom is 0.191 e. The molecule has 5 heteroatoms. The molecule has 2 fully saturated rings. The average Bonchev–Trinajstić information content (AvgIpc) is 3.23. The van der Waals surface area contributed by atoms with Gasteiger partial charge in [0.25, 0.3) is 0 Å². The molecule has 0 saturated heterocycles. The summed E-state index contributed by atoms with van der Waals surface area (Å²) in [4.78, 5) is 6.54. The van der Waals surface area contributed by atoms with Crippen molar-refractivity contribution in [2.45, 2.75) is 37.3 Å². The molecule has 2 unspecified atom stereocenters. The van der Waals surface area contributed by atoms with Gasteiger partial charge in [0, 0.05) is 19.0 Å². The van der Waals surface area contributed by atoms with E-state index >= 15 is 0 Å². The Bertz CT molecular complexity index is 487. The van der Waals surface area contributed by atoms with Crippen molar-refractivity contribution in [2.24, 2.45) is 10.7 Å². The monoisotopic (exact) mass is 375 g/mol. The maximum atomic E-state index is 13.6. The van der Waals surface area contributed by atoms with Crippen molar-refractivity contribution in [1.29, 1.82) is 0 Å². The van der Waals surface area contributed by atoms with Gasteiger partial charge in [0.2, 0.25) is 0 Å². The summed E-state index contributed by atoms with van der Waals surface area (Å²) in [5.41, 5.74) is 6.73. The third-order valence-corrected chi connectivity index (χ3v) is 3.82. The Labute approximate surface area is 130 Å². The van der Waals surface area contributed by atoms with Crippen molar-refractivity contribution in [1.82, 2.24) is 4.90 Å². The minimum absolute atomic E-state index is 0. The quantitative estimate of drug-likeness (QED) is 0.502. The van der Waals surface area contributed by atoms with E-state index in [1.54, 1.807) is 6.07 Å². The highest BCUT2D eigenvalue weighted by atomic mass is 127. The molecule has 2 aliphatic rings. The first-order valence-electron chi connectivity index (χ1n) is 6.47. The molecule has 0 aliphatic heterocycles. The molecule has 0 aromatic heterocycles. The summed E-state index contributed by atoms with van der Waals surface area (Å²) in [6, 6.07) is 7.67. The van der Waals surface area contributed by atoms with Gasteiger partial charge in [-0.1, -0.05) is 18.2 Å². The Morgan fingerprint density at radius 2 is 2.05 bits per heavy atom. The van der Waals surface area contributed by atoms with E-state index in [1.165, 1.54) is 18.9 Å². The molecule has 2 N–H and O–H groups in total. The first kappa shape index (κ1) is 14.6. The molecule has 104 valence electrons. The Morgan fingerprint density at radius 3 is 2.68 bits per heavy atom. The zero-order valence-corrected chi connectivity index (χ0v) is 13.3. The highest BCUT2D eigenvalue weighted by molar-refractivity contribution is 14.0. The molecule has 3 nitrogen and oxygen atoms in total. The molecular weight excluding hydrogens is 356 g/mol. The van der Waals surface area contributed by atoms with E-state index < -0.39 is 0 Å². The smallest absolute Gasteiger partial charge is 0.191 e. The number of hydrogen-bond acceptors (Lipinski definition) is 1. The molecule has 0 amide bonds. The summed E-state index contributed by atoms with van der Waals surface area (Å²) in [7, 11) is 1.98. The second-order valence-electron chi connectivity index (χ2n) is 5.26. The van der Waals surface area contributed by atoms with Crippen LogP contribution < -0.4 is 5.73 Å². The first-order valence-corrected chi connectivity index (χ1v) is 6.47. The largest absolute Gasteiger partial charge is 0.370 e. The van der Waals surface area contributed by atoms with Gasteiger partial charge in [-0.15, -0.1) is 24.0 Å². The lowest BCUT2D eigenvalue weighted by atomic mass is 10.1. The van der Waals surface area contributed by atoms with Gasteiger partial charge in [-0.3, -0.25) is 0 Å². The fourth-order valence-corrected chi connectivity index (χ4v) is 2.34. The third kappa shape index (κ3) is 3.19. The zero-order valence-electron chi connectivity index (χ0n) is 10.9. The summed E-state index contributed by atoms with van der Waals surface area (Å²) in [5.74, 6) is 0.674. The average molecular weight is 375 g/mol. The van der Waals surface area contributed by atoms with Crippen LogP contribution in [0.5, 0.6) is 0 Å². The highest BCUT2D eigenvalue weighted by Crippen LogP contribution is 2.44. The van der Waals surface area contributed by atoms with Crippen LogP contribution >= 0.6 is 24.0 Å². The molecule has 19 heavy (non-hydrogen) atoms. The molecule has 0 radical (unpaired) electrons. The SMILES string of the molecule is CN(C(N)=NC1CC1c1ccccc1F)C1CC1.I. The Balaban J connectivity index is 0.00000133. The molecule has 1 aromatic carbocycles. The van der Waals surface area contributed by atoms with Crippen molar-refractivity contribution >= 4 is 29.9 Å². The molecule has 2 atom stereocenters. The first-order chi connectivity index (χ1) is 8.66. The molecule has 3 rings (SSSR count). The maximum absolute atomic E-state index is 13.6. The fourth-order valence-electron chi connectivity index (χ4n) is 2.34. The molecule has 0 bridgehead atoms. The van der Waals surface area contributed by atoms with Crippen molar-refractivity contribution in [2.75, 3.05) is 7.05 Å². The molecule has 2 aliphatic carbocycles. The van der Waals surface area contributed by atoms with Crippen LogP contribution in [0.1, 0.15) is 30.7 Å². The van der Waals surface area contributed by atoms with Crippen molar-refractivity contribution < 1.29 is 4.39 Å². The summed E-state index contributed by atoms with van der Waals surface area (Å²) in [5, 5.41) is 0. The van der Waals surface area contributed by atoms with E-state index in [2.05, 4.69) is 4.99 Å². The van der Waals surface area contributed by atoms with Gasteiger partial charge in [-0.25, -0.2) is 9.38 Å². The number of halogens is 2. The van der Waals surface area contributed by atoms with Crippen LogP contribution in [-0.4, -0.2) is 30.0 Å². The van der Waals surface area contributed by atoms with E-state index in [9.17, 15) is 4.39 Å². The van der Waals surface area contributed by atoms with E-state index in [-0.39, 0.29) is 41.8 Å². The molecule has 0 heterocycles. The van der Waals surface area contributed by atoms with Gasteiger partial charge in [0.1, 0.15) is 5.82 Å². The predicted molar refractivity (Wildman–Crippen MR) is 85.4 cm³/mol. The van der Waals surface area contributed by atoms with E-state index in [0.717, 1.165) is 12.0 Å². The van der Waals surface area contributed by atoms with Crippen LogP contribution in [0.3, 0.4) is 0 Å². The van der Waals surface area contributed by atoms with Gasteiger partial charge in [-0.05, 0) is 30.9 Å². The molecule has 1 aromatic rings. The Morgan fingerprint density at radius 1 is 1.37 bits per heavy atom. The minimum Gasteiger partial charge on any atom is -0.370 e.